The summed E-state index contributed by atoms with van der Waals surface area (Å²) in [4.78, 5) is 15.8. The smallest absolute Gasteiger partial charge is 0.267 e. The molecule has 0 bridgehead atoms. The van der Waals surface area contributed by atoms with Crippen molar-refractivity contribution in [1.82, 2.24) is 14.8 Å². The number of pyridine rings is 1. The van der Waals surface area contributed by atoms with E-state index in [0.29, 0.717) is 6.54 Å². The Kier molecular flexibility index (Phi) is 3.14. The molecule has 0 unspecified atom stereocenters. The molecule has 0 aromatic carbocycles. The zero-order valence-corrected chi connectivity index (χ0v) is 10.3. The van der Waals surface area contributed by atoms with Crippen molar-refractivity contribution in [1.29, 1.82) is 0 Å². The van der Waals surface area contributed by atoms with Crippen LogP contribution < -0.4 is 5.56 Å². The molecule has 0 saturated carbocycles. The minimum Gasteiger partial charge on any atom is -0.268 e. The average Bonchev–Trinajstić information content (AvgIpc) is 2.25. The quantitative estimate of drug-likeness (QED) is 0.842. The van der Waals surface area contributed by atoms with E-state index in [1.54, 1.807) is 18.5 Å². The van der Waals surface area contributed by atoms with Crippen LogP contribution >= 0.6 is 15.9 Å². The highest BCUT2D eigenvalue weighted by molar-refractivity contribution is 9.10. The van der Waals surface area contributed by atoms with Crippen LogP contribution in [-0.4, -0.2) is 14.8 Å². The van der Waals surface area contributed by atoms with Gasteiger partial charge in [0.1, 0.15) is 0 Å². The minimum absolute atomic E-state index is 0.107. The number of aryl methyl sites for hydroxylation is 1. The standard InChI is InChI=1S/C11H10BrN3O/c1-8-4-11(16)15(14-5-8)7-10-3-2-9(12)6-13-10/h2-6H,7H2,1H3. The van der Waals surface area contributed by atoms with Crippen molar-refractivity contribution in [2.45, 2.75) is 13.5 Å². The SMILES string of the molecule is Cc1cnn(Cc2ccc(Br)cn2)c(=O)c1. The van der Waals surface area contributed by atoms with Crippen LogP contribution in [0.15, 0.2) is 39.9 Å². The van der Waals surface area contributed by atoms with Crippen LogP contribution in [0.1, 0.15) is 11.3 Å². The molecule has 2 rings (SSSR count). The van der Waals surface area contributed by atoms with Gasteiger partial charge in [-0.05, 0) is 40.5 Å². The van der Waals surface area contributed by atoms with Gasteiger partial charge in [0.2, 0.25) is 0 Å². The fourth-order valence-electron chi connectivity index (χ4n) is 1.30. The monoisotopic (exact) mass is 279 g/mol. The second kappa shape index (κ2) is 4.57. The van der Waals surface area contributed by atoms with E-state index in [-0.39, 0.29) is 5.56 Å². The molecule has 5 heteroatoms. The highest BCUT2D eigenvalue weighted by Crippen LogP contribution is 2.07. The van der Waals surface area contributed by atoms with Gasteiger partial charge in [0.15, 0.2) is 0 Å². The number of halogens is 1. The molecule has 2 aromatic heterocycles. The average molecular weight is 280 g/mol. The molecule has 0 atom stereocenters. The summed E-state index contributed by atoms with van der Waals surface area (Å²) in [7, 11) is 0. The largest absolute Gasteiger partial charge is 0.268 e. The van der Waals surface area contributed by atoms with E-state index < -0.39 is 0 Å². The molecule has 0 fully saturated rings. The third-order valence-corrected chi connectivity index (χ3v) is 2.58. The van der Waals surface area contributed by atoms with Gasteiger partial charge in [-0.25, -0.2) is 4.68 Å². The fourth-order valence-corrected chi connectivity index (χ4v) is 1.53. The van der Waals surface area contributed by atoms with Crippen LogP contribution in [0.5, 0.6) is 0 Å². The van der Waals surface area contributed by atoms with Gasteiger partial charge in [-0.1, -0.05) is 0 Å². The first-order chi connectivity index (χ1) is 7.65. The van der Waals surface area contributed by atoms with E-state index in [1.165, 1.54) is 4.68 Å². The van der Waals surface area contributed by atoms with E-state index in [0.717, 1.165) is 15.7 Å². The lowest BCUT2D eigenvalue weighted by Crippen LogP contribution is -2.23. The molecule has 0 radical (unpaired) electrons. The Bertz CT molecular complexity index is 548. The van der Waals surface area contributed by atoms with Crippen molar-refractivity contribution in [2.75, 3.05) is 0 Å². The topological polar surface area (TPSA) is 47.8 Å². The first kappa shape index (κ1) is 11.0. The van der Waals surface area contributed by atoms with Crippen LogP contribution in [0.3, 0.4) is 0 Å². The second-order valence-electron chi connectivity index (χ2n) is 3.50. The van der Waals surface area contributed by atoms with Crippen molar-refractivity contribution in [3.8, 4) is 0 Å². The number of hydrogen-bond acceptors (Lipinski definition) is 3. The molecule has 82 valence electrons. The highest BCUT2D eigenvalue weighted by Gasteiger charge is 2.00. The first-order valence-corrected chi connectivity index (χ1v) is 5.58. The molecule has 0 aliphatic rings. The van der Waals surface area contributed by atoms with Crippen molar-refractivity contribution in [3.63, 3.8) is 0 Å². The maximum Gasteiger partial charge on any atom is 0.267 e. The summed E-state index contributed by atoms with van der Waals surface area (Å²) in [6.45, 7) is 2.24. The fraction of sp³-hybridized carbons (Fsp3) is 0.182. The van der Waals surface area contributed by atoms with Crippen LogP contribution in [0.4, 0.5) is 0 Å². The maximum absolute atomic E-state index is 11.6. The lowest BCUT2D eigenvalue weighted by atomic mass is 10.3. The summed E-state index contributed by atoms with van der Waals surface area (Å²) < 4.78 is 2.31. The lowest BCUT2D eigenvalue weighted by molar-refractivity contribution is 0.625. The molecule has 4 nitrogen and oxygen atoms in total. The Labute approximate surface area is 101 Å². The highest BCUT2D eigenvalue weighted by atomic mass is 79.9. The third-order valence-electron chi connectivity index (χ3n) is 2.11. The molecule has 2 heterocycles. The van der Waals surface area contributed by atoms with Crippen LogP contribution in [0, 0.1) is 6.92 Å². The molecule has 0 aliphatic heterocycles. The molecule has 2 aromatic rings. The molecule has 0 amide bonds. The number of hydrogen-bond donors (Lipinski definition) is 0. The molecular formula is C11H10BrN3O. The Morgan fingerprint density at radius 3 is 2.81 bits per heavy atom. The van der Waals surface area contributed by atoms with E-state index >= 15 is 0 Å². The first-order valence-electron chi connectivity index (χ1n) is 4.79. The number of aromatic nitrogens is 3. The summed E-state index contributed by atoms with van der Waals surface area (Å²) in [6.07, 6.45) is 3.37. The lowest BCUT2D eigenvalue weighted by Gasteiger charge is -2.03. The summed E-state index contributed by atoms with van der Waals surface area (Å²) in [5.41, 5.74) is 1.57. The Hall–Kier alpha value is -1.49. The Morgan fingerprint density at radius 1 is 1.38 bits per heavy atom. The summed E-state index contributed by atoms with van der Waals surface area (Å²) in [5.74, 6) is 0. The predicted molar refractivity (Wildman–Crippen MR) is 64.3 cm³/mol. The van der Waals surface area contributed by atoms with Crippen LogP contribution in [-0.2, 0) is 6.54 Å². The van der Waals surface area contributed by atoms with Crippen molar-refractivity contribution >= 4 is 15.9 Å². The summed E-state index contributed by atoms with van der Waals surface area (Å²) in [5, 5.41) is 4.05. The molecular weight excluding hydrogens is 270 g/mol. The molecule has 0 N–H and O–H groups in total. The predicted octanol–water partition coefficient (Wildman–Crippen LogP) is 1.76. The molecule has 16 heavy (non-hydrogen) atoms. The molecule has 0 saturated heterocycles. The van der Waals surface area contributed by atoms with Gasteiger partial charge in [-0.15, -0.1) is 0 Å². The van der Waals surface area contributed by atoms with E-state index in [1.807, 2.05) is 19.1 Å². The van der Waals surface area contributed by atoms with Gasteiger partial charge in [-0.2, -0.15) is 5.10 Å². The van der Waals surface area contributed by atoms with E-state index in [4.69, 9.17) is 0 Å². The summed E-state index contributed by atoms with van der Waals surface area (Å²) in [6, 6.07) is 5.31. The van der Waals surface area contributed by atoms with Gasteiger partial charge in [0.25, 0.3) is 5.56 Å². The van der Waals surface area contributed by atoms with Crippen molar-refractivity contribution in [3.05, 3.63) is 56.7 Å². The molecule has 0 aliphatic carbocycles. The normalized spacial score (nSPS) is 10.4. The van der Waals surface area contributed by atoms with Crippen molar-refractivity contribution in [2.24, 2.45) is 0 Å². The Balaban J connectivity index is 2.27. The molecule has 0 spiro atoms. The van der Waals surface area contributed by atoms with Gasteiger partial charge in [0.05, 0.1) is 18.4 Å². The van der Waals surface area contributed by atoms with E-state index in [2.05, 4.69) is 26.0 Å². The summed E-state index contributed by atoms with van der Waals surface area (Å²) >= 11 is 3.31. The van der Waals surface area contributed by atoms with Crippen LogP contribution in [0.25, 0.3) is 0 Å². The Morgan fingerprint density at radius 2 is 2.19 bits per heavy atom. The van der Waals surface area contributed by atoms with Gasteiger partial charge < -0.3 is 0 Å². The minimum atomic E-state index is -0.107. The van der Waals surface area contributed by atoms with E-state index in [9.17, 15) is 4.79 Å². The second-order valence-corrected chi connectivity index (χ2v) is 4.41. The van der Waals surface area contributed by atoms with Gasteiger partial charge in [-0.3, -0.25) is 9.78 Å². The van der Waals surface area contributed by atoms with Gasteiger partial charge >= 0.3 is 0 Å². The zero-order chi connectivity index (χ0) is 11.5. The maximum atomic E-state index is 11.6. The third kappa shape index (κ3) is 2.55. The zero-order valence-electron chi connectivity index (χ0n) is 8.72. The van der Waals surface area contributed by atoms with Crippen molar-refractivity contribution < 1.29 is 0 Å². The van der Waals surface area contributed by atoms with Crippen LogP contribution in [0.2, 0.25) is 0 Å². The van der Waals surface area contributed by atoms with Gasteiger partial charge in [0, 0.05) is 16.7 Å². The number of nitrogens with zero attached hydrogens (tertiary/aromatic N) is 3. The number of rotatable bonds is 2.